The summed E-state index contributed by atoms with van der Waals surface area (Å²) in [6.45, 7) is 0. The fraction of sp³-hybridized carbons (Fsp3) is 0. The lowest BCUT2D eigenvalue weighted by molar-refractivity contribution is 0.671. The molecule has 0 unspecified atom stereocenters. The quantitative estimate of drug-likeness (QED) is 0.167. The summed E-state index contributed by atoms with van der Waals surface area (Å²) in [5.41, 5.74) is 12.6. The van der Waals surface area contributed by atoms with Crippen molar-refractivity contribution in [2.45, 2.75) is 0 Å². The van der Waals surface area contributed by atoms with Crippen molar-refractivity contribution in [1.29, 1.82) is 5.26 Å². The fourth-order valence-electron chi connectivity index (χ4n) is 9.70. The normalized spacial score (nSPS) is 11.7. The maximum absolute atomic E-state index is 11.1. The Kier molecular flexibility index (Phi) is 8.14. The van der Waals surface area contributed by atoms with Gasteiger partial charge in [0.1, 0.15) is 11.7 Å². The molecule has 13 rings (SSSR count). The van der Waals surface area contributed by atoms with Gasteiger partial charge in [-0.15, -0.1) is 0 Å². The van der Waals surface area contributed by atoms with Crippen LogP contribution in [0.4, 0.5) is 0 Å². The van der Waals surface area contributed by atoms with Crippen LogP contribution < -0.4 is 0 Å². The Hall–Kier alpha value is -9.12. The molecule has 0 aliphatic rings. The first-order valence-corrected chi connectivity index (χ1v) is 21.6. The highest BCUT2D eigenvalue weighted by Gasteiger charge is 2.24. The fourth-order valence-corrected chi connectivity index (χ4v) is 9.70. The zero-order chi connectivity index (χ0) is 43.0. The van der Waals surface area contributed by atoms with Gasteiger partial charge in [0.05, 0.1) is 38.7 Å². The van der Waals surface area contributed by atoms with E-state index in [1.165, 1.54) is 0 Å². The van der Waals surface area contributed by atoms with E-state index in [9.17, 15) is 5.26 Å². The summed E-state index contributed by atoms with van der Waals surface area (Å²) in [6, 6.07) is 73.0. The molecule has 0 N–H and O–H groups in total. The number of benzene rings is 9. The third kappa shape index (κ3) is 5.71. The Balaban J connectivity index is 1.03. The first-order valence-electron chi connectivity index (χ1n) is 21.6. The first-order chi connectivity index (χ1) is 32.2. The van der Waals surface area contributed by atoms with Crippen LogP contribution in [-0.4, -0.2) is 24.1 Å². The average molecular weight is 831 g/mol. The van der Waals surface area contributed by atoms with Crippen molar-refractivity contribution in [3.63, 3.8) is 0 Å². The third-order valence-corrected chi connectivity index (χ3v) is 12.6. The van der Waals surface area contributed by atoms with Crippen molar-refractivity contribution < 1.29 is 4.42 Å². The van der Waals surface area contributed by atoms with Crippen LogP contribution in [0.5, 0.6) is 0 Å². The first kappa shape index (κ1) is 36.5. The van der Waals surface area contributed by atoms with Crippen molar-refractivity contribution in [2.24, 2.45) is 0 Å². The minimum Gasteiger partial charge on any atom is -0.454 e. The van der Waals surface area contributed by atoms with Crippen molar-refractivity contribution in [2.75, 3.05) is 0 Å². The molecule has 65 heavy (non-hydrogen) atoms. The van der Waals surface area contributed by atoms with Crippen LogP contribution in [0, 0.1) is 11.3 Å². The standard InChI is InChI=1S/C58H34N6O/c59-35-41-34-40(58-61-56(37-17-6-2-7-18-37)60-57(62-58)39-20-14-19-38(33-39)36-15-4-1-5-16-36)27-31-48(41)64-50-26-13-11-23-43(50)45-30-32-51-52(53(45)64)47-29-28-46-44-24-10-12-25-49(44)63(54(46)55(47)65-51)42-21-8-3-9-22-42/h1-34H. The van der Waals surface area contributed by atoms with Gasteiger partial charge in [0, 0.05) is 49.3 Å². The van der Waals surface area contributed by atoms with E-state index in [1.54, 1.807) is 0 Å². The Morgan fingerprint density at radius 2 is 0.938 bits per heavy atom. The van der Waals surface area contributed by atoms with E-state index in [4.69, 9.17) is 19.4 Å². The van der Waals surface area contributed by atoms with Crippen LogP contribution in [0.15, 0.2) is 211 Å². The molecule has 4 heterocycles. The smallest absolute Gasteiger partial charge is 0.164 e. The van der Waals surface area contributed by atoms with Crippen molar-refractivity contribution in [3.05, 3.63) is 212 Å². The van der Waals surface area contributed by atoms with Gasteiger partial charge in [-0.05, 0) is 77.9 Å². The summed E-state index contributed by atoms with van der Waals surface area (Å²) >= 11 is 0. The number of nitrogens with zero attached hydrogens (tertiary/aromatic N) is 6. The molecule has 0 aliphatic carbocycles. The SMILES string of the molecule is N#Cc1cc(-c2nc(-c3ccccc3)nc(-c3cccc(-c4ccccc4)c3)n2)ccc1-n1c2ccccc2c2ccc3oc4c(ccc5c6ccccc6n(-c6ccccc6)c54)c3c21. The molecular formula is C58H34N6O. The van der Waals surface area contributed by atoms with E-state index in [0.29, 0.717) is 28.6 Å². The molecule has 0 aliphatic heterocycles. The molecule has 0 fully saturated rings. The van der Waals surface area contributed by atoms with Gasteiger partial charge in [-0.2, -0.15) is 5.26 Å². The van der Waals surface area contributed by atoms with Crippen LogP contribution in [0.2, 0.25) is 0 Å². The largest absolute Gasteiger partial charge is 0.454 e. The summed E-state index contributed by atoms with van der Waals surface area (Å²) in [5, 5.41) is 17.5. The zero-order valence-electron chi connectivity index (χ0n) is 34.7. The molecule has 9 aromatic carbocycles. The van der Waals surface area contributed by atoms with Crippen LogP contribution >= 0.6 is 0 Å². The van der Waals surface area contributed by atoms with E-state index < -0.39 is 0 Å². The number of fused-ring (bicyclic) bond motifs is 11. The monoisotopic (exact) mass is 830 g/mol. The molecule has 302 valence electrons. The number of hydrogen-bond donors (Lipinski definition) is 0. The van der Waals surface area contributed by atoms with Crippen LogP contribution in [0.1, 0.15) is 5.56 Å². The minimum absolute atomic E-state index is 0.477. The summed E-state index contributed by atoms with van der Waals surface area (Å²) in [5.74, 6) is 1.58. The molecule has 0 amide bonds. The van der Waals surface area contributed by atoms with Crippen molar-refractivity contribution in [1.82, 2.24) is 24.1 Å². The van der Waals surface area contributed by atoms with Gasteiger partial charge in [0.25, 0.3) is 0 Å². The lowest BCUT2D eigenvalue weighted by atomic mass is 10.0. The summed E-state index contributed by atoms with van der Waals surface area (Å²) in [7, 11) is 0. The average Bonchev–Trinajstić information content (AvgIpc) is 4.05. The number of furan rings is 1. The molecular weight excluding hydrogens is 797 g/mol. The molecule has 0 spiro atoms. The lowest BCUT2D eigenvalue weighted by Gasteiger charge is -2.13. The Morgan fingerprint density at radius 1 is 0.400 bits per heavy atom. The second-order valence-corrected chi connectivity index (χ2v) is 16.3. The van der Waals surface area contributed by atoms with Gasteiger partial charge in [0.15, 0.2) is 23.1 Å². The Bertz CT molecular complexity index is 4070. The van der Waals surface area contributed by atoms with E-state index >= 15 is 0 Å². The minimum atomic E-state index is 0.477. The molecule has 4 aromatic heterocycles. The summed E-state index contributed by atoms with van der Waals surface area (Å²) < 4.78 is 11.5. The number of nitriles is 1. The van der Waals surface area contributed by atoms with Gasteiger partial charge in [-0.1, -0.05) is 140 Å². The lowest BCUT2D eigenvalue weighted by Crippen LogP contribution is -2.02. The highest BCUT2D eigenvalue weighted by molar-refractivity contribution is 6.28. The topological polar surface area (TPSA) is 85.5 Å². The highest BCUT2D eigenvalue weighted by Crippen LogP contribution is 2.45. The van der Waals surface area contributed by atoms with Crippen molar-refractivity contribution >= 4 is 65.6 Å². The van der Waals surface area contributed by atoms with Crippen molar-refractivity contribution in [3.8, 4) is 62.7 Å². The third-order valence-electron chi connectivity index (χ3n) is 12.6. The Labute approximate surface area is 372 Å². The van der Waals surface area contributed by atoms with Crippen LogP contribution in [0.25, 0.3) is 122 Å². The maximum atomic E-state index is 11.1. The predicted octanol–water partition coefficient (Wildman–Crippen LogP) is 14.5. The van der Waals surface area contributed by atoms with E-state index in [1.807, 2.05) is 84.9 Å². The maximum Gasteiger partial charge on any atom is 0.164 e. The van der Waals surface area contributed by atoms with E-state index in [-0.39, 0.29) is 0 Å². The molecule has 0 atom stereocenters. The number of para-hydroxylation sites is 3. The van der Waals surface area contributed by atoms with Crippen LogP contribution in [-0.2, 0) is 0 Å². The zero-order valence-corrected chi connectivity index (χ0v) is 34.7. The molecule has 0 saturated carbocycles. The number of hydrogen-bond acceptors (Lipinski definition) is 5. The second-order valence-electron chi connectivity index (χ2n) is 16.3. The van der Waals surface area contributed by atoms with Gasteiger partial charge in [0.2, 0.25) is 0 Å². The molecule has 7 heteroatoms. The van der Waals surface area contributed by atoms with Crippen LogP contribution in [0.3, 0.4) is 0 Å². The summed E-state index contributed by atoms with van der Waals surface area (Å²) in [6.07, 6.45) is 0. The van der Waals surface area contributed by atoms with Gasteiger partial charge < -0.3 is 13.6 Å². The number of aromatic nitrogens is 5. The van der Waals surface area contributed by atoms with Gasteiger partial charge in [-0.25, -0.2) is 15.0 Å². The molecule has 0 bridgehead atoms. The number of rotatable bonds is 6. The molecule has 0 radical (unpaired) electrons. The molecule has 13 aromatic rings. The summed E-state index contributed by atoms with van der Waals surface area (Å²) in [4.78, 5) is 15.1. The van der Waals surface area contributed by atoms with Gasteiger partial charge >= 0.3 is 0 Å². The van der Waals surface area contributed by atoms with E-state index in [0.717, 1.165) is 99.2 Å². The highest BCUT2D eigenvalue weighted by atomic mass is 16.3. The molecule has 0 saturated heterocycles. The van der Waals surface area contributed by atoms with E-state index in [2.05, 4.69) is 137 Å². The second kappa shape index (κ2) is 14.5. The Morgan fingerprint density at radius 3 is 1.65 bits per heavy atom. The predicted molar refractivity (Wildman–Crippen MR) is 262 cm³/mol. The molecule has 7 nitrogen and oxygen atoms in total. The van der Waals surface area contributed by atoms with Gasteiger partial charge in [-0.3, -0.25) is 0 Å².